The summed E-state index contributed by atoms with van der Waals surface area (Å²) in [6, 6.07) is -0.625. The predicted molar refractivity (Wildman–Crippen MR) is 356 cm³/mol. The van der Waals surface area contributed by atoms with Gasteiger partial charge in [-0.2, -0.15) is 0 Å². The van der Waals surface area contributed by atoms with E-state index in [1.165, 1.54) is 327 Å². The maximum absolute atomic E-state index is 12.5. The lowest BCUT2D eigenvalue weighted by molar-refractivity contribution is -0.143. The quantitative estimate of drug-likeness (QED) is 0.0320. The maximum Gasteiger partial charge on any atom is 0.305 e. The smallest absolute Gasteiger partial charge is 0.305 e. The Kier molecular flexibility index (Phi) is 68.9. The zero-order chi connectivity index (χ0) is 58.5. The average Bonchev–Trinajstić information content (AvgIpc) is 3.47. The Morgan fingerprint density at radius 2 is 0.617 bits per heavy atom. The standard InChI is InChI=1S/C75H143NO5/c1-3-5-7-9-11-13-15-17-19-36-39-43-47-51-55-59-63-67-73(78)72(71-77)76-74(79)68-64-60-56-52-48-44-40-37-34-32-30-28-26-24-22-21-23-25-27-29-31-33-35-38-42-46-50-54-58-62-66-70-81-75(80)69-65-61-57-53-49-45-41-20-18-16-14-12-10-8-6-4-2/h14,16,20,41,63,67,72-73,77-78H,3-13,15,17-19,21-40,42-62,64-66,68-71H2,1-2H3,(H,76,79)/b16-14-,41-20-,67-63+. The van der Waals surface area contributed by atoms with Crippen LogP contribution in [0.3, 0.4) is 0 Å². The lowest BCUT2D eigenvalue weighted by Crippen LogP contribution is -2.45. The Bertz CT molecular complexity index is 1310. The van der Waals surface area contributed by atoms with Crippen LogP contribution >= 0.6 is 0 Å². The molecule has 3 N–H and O–H groups in total. The molecular weight excluding hydrogens is 995 g/mol. The molecule has 0 aromatic carbocycles. The van der Waals surface area contributed by atoms with Gasteiger partial charge >= 0.3 is 5.97 Å². The molecule has 0 saturated heterocycles. The van der Waals surface area contributed by atoms with Crippen molar-refractivity contribution in [3.8, 4) is 0 Å². The third kappa shape index (κ3) is 67.1. The third-order valence-corrected chi connectivity index (χ3v) is 17.2. The highest BCUT2D eigenvalue weighted by molar-refractivity contribution is 5.76. The van der Waals surface area contributed by atoms with Crippen molar-refractivity contribution in [1.29, 1.82) is 0 Å². The van der Waals surface area contributed by atoms with Crippen LogP contribution in [0.5, 0.6) is 0 Å². The SMILES string of the molecule is CCCCCC/C=C\C/C=C\CCCCCCCC(=O)OCCCCCCCCCCCCCCCCCCCCCCCCCCCCCCCCCC(=O)NC(CO)C(O)/C=C/CCCCCCCCCCCCCCCCC. The zero-order valence-electron chi connectivity index (χ0n) is 54.8. The molecule has 478 valence electrons. The highest BCUT2D eigenvalue weighted by atomic mass is 16.5. The molecular formula is C75H143NO5. The normalized spacial score (nSPS) is 12.7. The van der Waals surface area contributed by atoms with Gasteiger partial charge in [0.15, 0.2) is 0 Å². The van der Waals surface area contributed by atoms with Crippen LogP contribution in [0, 0.1) is 0 Å². The van der Waals surface area contributed by atoms with Crippen molar-refractivity contribution in [2.24, 2.45) is 0 Å². The van der Waals surface area contributed by atoms with Gasteiger partial charge in [-0.1, -0.05) is 365 Å². The van der Waals surface area contributed by atoms with Gasteiger partial charge in [0, 0.05) is 12.8 Å². The number of nitrogens with one attached hydrogen (secondary N) is 1. The first-order chi connectivity index (χ1) is 40.0. The first-order valence-electron chi connectivity index (χ1n) is 36.8. The van der Waals surface area contributed by atoms with Crippen LogP contribution in [0.1, 0.15) is 406 Å². The van der Waals surface area contributed by atoms with E-state index in [1.54, 1.807) is 6.08 Å². The summed E-state index contributed by atoms with van der Waals surface area (Å²) >= 11 is 0. The predicted octanol–water partition coefficient (Wildman–Crippen LogP) is 23.9. The Morgan fingerprint density at radius 3 is 0.951 bits per heavy atom. The van der Waals surface area contributed by atoms with Crippen LogP contribution in [0.2, 0.25) is 0 Å². The molecule has 6 heteroatoms. The van der Waals surface area contributed by atoms with Crippen molar-refractivity contribution < 1.29 is 24.5 Å². The number of unbranched alkanes of at least 4 members (excludes halogenated alkanes) is 54. The van der Waals surface area contributed by atoms with Crippen LogP contribution in [-0.2, 0) is 14.3 Å². The second-order valence-electron chi connectivity index (χ2n) is 25.3. The fourth-order valence-electron chi connectivity index (χ4n) is 11.6. The van der Waals surface area contributed by atoms with Crippen molar-refractivity contribution in [3.63, 3.8) is 0 Å². The summed E-state index contributed by atoms with van der Waals surface area (Å²) in [7, 11) is 0. The number of aliphatic hydroxyl groups is 2. The first-order valence-corrected chi connectivity index (χ1v) is 36.8. The van der Waals surface area contributed by atoms with E-state index >= 15 is 0 Å². The summed E-state index contributed by atoms with van der Waals surface area (Å²) in [5.74, 6) is -0.0534. The van der Waals surface area contributed by atoms with Gasteiger partial charge in [-0.05, 0) is 64.2 Å². The average molecular weight is 1140 g/mol. The minimum Gasteiger partial charge on any atom is -0.466 e. The maximum atomic E-state index is 12.5. The minimum atomic E-state index is -0.842. The van der Waals surface area contributed by atoms with Crippen molar-refractivity contribution in [2.45, 2.75) is 418 Å². The highest BCUT2D eigenvalue weighted by Crippen LogP contribution is 2.19. The summed E-state index contributed by atoms with van der Waals surface area (Å²) < 4.78 is 5.49. The van der Waals surface area contributed by atoms with Crippen LogP contribution in [0.25, 0.3) is 0 Å². The van der Waals surface area contributed by atoms with Crippen molar-refractivity contribution in [1.82, 2.24) is 5.32 Å². The van der Waals surface area contributed by atoms with Crippen molar-refractivity contribution in [2.75, 3.05) is 13.2 Å². The number of rotatable bonds is 69. The number of hydrogen-bond acceptors (Lipinski definition) is 5. The molecule has 0 aromatic heterocycles. The lowest BCUT2D eigenvalue weighted by atomic mass is 10.0. The van der Waals surface area contributed by atoms with E-state index in [0.717, 1.165) is 51.4 Å². The van der Waals surface area contributed by atoms with Gasteiger partial charge in [0.2, 0.25) is 5.91 Å². The molecule has 6 nitrogen and oxygen atoms in total. The number of carbonyl (C=O) groups excluding carboxylic acids is 2. The Labute approximate surface area is 506 Å². The van der Waals surface area contributed by atoms with Crippen LogP contribution < -0.4 is 5.32 Å². The first kappa shape index (κ1) is 79.1. The largest absolute Gasteiger partial charge is 0.466 e. The van der Waals surface area contributed by atoms with Gasteiger partial charge in [-0.15, -0.1) is 0 Å². The van der Waals surface area contributed by atoms with Gasteiger partial charge in [-0.25, -0.2) is 0 Å². The van der Waals surface area contributed by atoms with Crippen LogP contribution in [-0.4, -0.2) is 47.4 Å². The number of amides is 1. The minimum absolute atomic E-state index is 0.00733. The molecule has 0 radical (unpaired) electrons. The topological polar surface area (TPSA) is 95.9 Å². The lowest BCUT2D eigenvalue weighted by Gasteiger charge is -2.20. The number of aliphatic hydroxyl groups excluding tert-OH is 2. The van der Waals surface area contributed by atoms with Gasteiger partial charge in [-0.3, -0.25) is 9.59 Å². The Hall–Kier alpha value is -1.92. The molecule has 0 rings (SSSR count). The molecule has 0 spiro atoms. The number of ether oxygens (including phenoxy) is 1. The van der Waals surface area contributed by atoms with E-state index in [2.05, 4.69) is 43.5 Å². The van der Waals surface area contributed by atoms with Gasteiger partial charge in [0.25, 0.3) is 0 Å². The van der Waals surface area contributed by atoms with E-state index in [4.69, 9.17) is 4.74 Å². The molecule has 0 aliphatic heterocycles. The number of carbonyl (C=O) groups is 2. The summed E-state index contributed by atoms with van der Waals surface area (Å²) in [5.41, 5.74) is 0. The van der Waals surface area contributed by atoms with E-state index in [-0.39, 0.29) is 18.5 Å². The molecule has 0 heterocycles. The number of esters is 1. The second-order valence-corrected chi connectivity index (χ2v) is 25.3. The fraction of sp³-hybridized carbons (Fsp3) is 0.893. The van der Waals surface area contributed by atoms with Crippen LogP contribution in [0.4, 0.5) is 0 Å². The Balaban J connectivity index is 3.35. The molecule has 2 unspecified atom stereocenters. The van der Waals surface area contributed by atoms with Crippen LogP contribution in [0.15, 0.2) is 36.5 Å². The summed E-state index contributed by atoms with van der Waals surface area (Å²) in [4.78, 5) is 24.6. The van der Waals surface area contributed by atoms with E-state index in [9.17, 15) is 19.8 Å². The zero-order valence-corrected chi connectivity index (χ0v) is 54.8. The fourth-order valence-corrected chi connectivity index (χ4v) is 11.6. The summed E-state index contributed by atoms with van der Waals surface area (Å²) in [6.45, 7) is 4.92. The number of allylic oxidation sites excluding steroid dienone is 5. The van der Waals surface area contributed by atoms with Gasteiger partial charge in [0.1, 0.15) is 0 Å². The van der Waals surface area contributed by atoms with E-state index in [1.807, 2.05) is 6.08 Å². The summed E-state index contributed by atoms with van der Waals surface area (Å²) in [6.07, 6.45) is 91.0. The molecule has 0 aromatic rings. The molecule has 0 aliphatic rings. The molecule has 81 heavy (non-hydrogen) atoms. The molecule has 0 saturated carbocycles. The molecule has 0 fully saturated rings. The molecule has 1 amide bonds. The molecule has 2 atom stereocenters. The summed E-state index contributed by atoms with van der Waals surface area (Å²) in [5, 5.41) is 23.2. The highest BCUT2D eigenvalue weighted by Gasteiger charge is 2.18. The third-order valence-electron chi connectivity index (χ3n) is 17.2. The second kappa shape index (κ2) is 70.6. The van der Waals surface area contributed by atoms with E-state index < -0.39 is 12.1 Å². The van der Waals surface area contributed by atoms with Gasteiger partial charge < -0.3 is 20.3 Å². The Morgan fingerprint density at radius 1 is 0.346 bits per heavy atom. The van der Waals surface area contributed by atoms with E-state index in [0.29, 0.717) is 19.4 Å². The van der Waals surface area contributed by atoms with Gasteiger partial charge in [0.05, 0.1) is 25.4 Å². The molecule has 0 bridgehead atoms. The monoisotopic (exact) mass is 1140 g/mol. The van der Waals surface area contributed by atoms with Crippen molar-refractivity contribution >= 4 is 11.9 Å². The number of hydrogen-bond donors (Lipinski definition) is 3. The van der Waals surface area contributed by atoms with Crippen molar-refractivity contribution in [3.05, 3.63) is 36.5 Å². The molecule has 0 aliphatic carbocycles.